The second kappa shape index (κ2) is 8.74. The van der Waals surface area contributed by atoms with E-state index in [-0.39, 0.29) is 5.91 Å². The number of aryl methyl sites for hydroxylation is 2. The minimum atomic E-state index is -0.0583. The first-order valence-corrected chi connectivity index (χ1v) is 9.10. The van der Waals surface area contributed by atoms with Gasteiger partial charge in [0, 0.05) is 37.0 Å². The van der Waals surface area contributed by atoms with Crippen LogP contribution < -0.4 is 9.47 Å². The fraction of sp³-hybridized carbons (Fsp3) is 0.500. The Morgan fingerprint density at radius 3 is 2.35 bits per heavy atom. The van der Waals surface area contributed by atoms with Gasteiger partial charge in [0.15, 0.2) is 11.5 Å². The molecule has 2 rings (SSSR count). The molecule has 0 aliphatic heterocycles. The van der Waals surface area contributed by atoms with Crippen LogP contribution in [-0.4, -0.2) is 40.8 Å². The molecule has 0 atom stereocenters. The Kier molecular flexibility index (Phi) is 6.66. The zero-order chi connectivity index (χ0) is 19.3. The van der Waals surface area contributed by atoms with Crippen molar-refractivity contribution >= 4 is 5.91 Å². The normalized spacial score (nSPS) is 10.7. The molecule has 0 aliphatic carbocycles. The number of rotatable bonds is 8. The molecular formula is C20H29N3O3. The monoisotopic (exact) mass is 359 g/mol. The van der Waals surface area contributed by atoms with Gasteiger partial charge in [-0.2, -0.15) is 5.10 Å². The second-order valence-electron chi connectivity index (χ2n) is 6.15. The van der Waals surface area contributed by atoms with E-state index >= 15 is 0 Å². The van der Waals surface area contributed by atoms with Gasteiger partial charge in [0.1, 0.15) is 0 Å². The van der Waals surface area contributed by atoms with Gasteiger partial charge in [-0.05, 0) is 52.8 Å². The van der Waals surface area contributed by atoms with Gasteiger partial charge in [-0.15, -0.1) is 0 Å². The number of carbonyl (C=O) groups excluding carboxylic acids is 1. The number of benzene rings is 1. The summed E-state index contributed by atoms with van der Waals surface area (Å²) in [4.78, 5) is 14.6. The van der Waals surface area contributed by atoms with E-state index in [1.807, 2.05) is 32.4 Å². The molecule has 142 valence electrons. The zero-order valence-electron chi connectivity index (χ0n) is 16.6. The standard InChI is InChI=1S/C20H29N3O3/c1-7-23-15(5)17(14(4)21-23)13-22(6)20(24)16-10-11-18(25-8-2)19(12-16)26-9-3/h10-12H,7-9,13H2,1-6H3. The van der Waals surface area contributed by atoms with Gasteiger partial charge in [-0.3, -0.25) is 9.48 Å². The minimum Gasteiger partial charge on any atom is -0.490 e. The number of carbonyl (C=O) groups is 1. The predicted molar refractivity (Wildman–Crippen MR) is 102 cm³/mol. The van der Waals surface area contributed by atoms with Crippen LogP contribution in [0, 0.1) is 13.8 Å². The number of hydrogen-bond acceptors (Lipinski definition) is 4. The van der Waals surface area contributed by atoms with Crippen LogP contribution in [-0.2, 0) is 13.1 Å². The van der Waals surface area contributed by atoms with Crippen LogP contribution in [0.15, 0.2) is 18.2 Å². The molecule has 6 heteroatoms. The summed E-state index contributed by atoms with van der Waals surface area (Å²) in [6, 6.07) is 5.32. The molecule has 0 saturated carbocycles. The molecule has 0 unspecified atom stereocenters. The third-order valence-electron chi connectivity index (χ3n) is 4.36. The minimum absolute atomic E-state index is 0.0583. The Labute approximate surface area is 155 Å². The van der Waals surface area contributed by atoms with E-state index in [2.05, 4.69) is 12.0 Å². The quantitative estimate of drug-likeness (QED) is 0.723. The molecule has 1 aromatic heterocycles. The van der Waals surface area contributed by atoms with Crippen molar-refractivity contribution < 1.29 is 14.3 Å². The molecule has 0 N–H and O–H groups in total. The fourth-order valence-corrected chi connectivity index (χ4v) is 2.98. The summed E-state index contributed by atoms with van der Waals surface area (Å²) in [7, 11) is 1.81. The van der Waals surface area contributed by atoms with E-state index < -0.39 is 0 Å². The smallest absolute Gasteiger partial charge is 0.254 e. The van der Waals surface area contributed by atoms with Gasteiger partial charge in [0.2, 0.25) is 0 Å². The van der Waals surface area contributed by atoms with Gasteiger partial charge in [0.25, 0.3) is 5.91 Å². The molecule has 0 saturated heterocycles. The van der Waals surface area contributed by atoms with Crippen molar-refractivity contribution in [2.45, 2.75) is 47.7 Å². The largest absolute Gasteiger partial charge is 0.490 e. The Morgan fingerprint density at radius 2 is 1.77 bits per heavy atom. The third-order valence-corrected chi connectivity index (χ3v) is 4.36. The summed E-state index contributed by atoms with van der Waals surface area (Å²) >= 11 is 0. The molecular weight excluding hydrogens is 330 g/mol. The highest BCUT2D eigenvalue weighted by Gasteiger charge is 2.19. The van der Waals surface area contributed by atoms with Crippen molar-refractivity contribution in [3.63, 3.8) is 0 Å². The van der Waals surface area contributed by atoms with E-state index in [0.29, 0.717) is 36.8 Å². The van der Waals surface area contributed by atoms with Crippen molar-refractivity contribution in [2.24, 2.45) is 0 Å². The number of aromatic nitrogens is 2. The summed E-state index contributed by atoms with van der Waals surface area (Å²) < 4.78 is 13.2. The van der Waals surface area contributed by atoms with Crippen molar-refractivity contribution in [3.05, 3.63) is 40.7 Å². The number of hydrogen-bond donors (Lipinski definition) is 0. The topological polar surface area (TPSA) is 56.6 Å². The maximum absolute atomic E-state index is 12.9. The summed E-state index contributed by atoms with van der Waals surface area (Å²) in [5.41, 5.74) is 3.74. The molecule has 1 amide bonds. The summed E-state index contributed by atoms with van der Waals surface area (Å²) in [6.45, 7) is 12.3. The predicted octanol–water partition coefficient (Wildman–Crippen LogP) is 3.59. The molecule has 0 spiro atoms. The number of ether oxygens (including phenoxy) is 2. The van der Waals surface area contributed by atoms with Gasteiger partial charge < -0.3 is 14.4 Å². The molecule has 0 radical (unpaired) electrons. The number of nitrogens with zero attached hydrogens (tertiary/aromatic N) is 3. The van der Waals surface area contributed by atoms with E-state index in [9.17, 15) is 4.79 Å². The first-order valence-electron chi connectivity index (χ1n) is 9.10. The highest BCUT2D eigenvalue weighted by Crippen LogP contribution is 2.29. The first kappa shape index (κ1) is 19.8. The maximum atomic E-state index is 12.9. The SMILES string of the molecule is CCOc1ccc(C(=O)N(C)Cc2c(C)nn(CC)c2C)cc1OCC. The molecule has 0 aliphatic rings. The van der Waals surface area contributed by atoms with E-state index in [0.717, 1.165) is 23.5 Å². The first-order chi connectivity index (χ1) is 12.4. The van der Waals surface area contributed by atoms with Crippen LogP contribution in [0.25, 0.3) is 0 Å². The van der Waals surface area contributed by atoms with E-state index in [4.69, 9.17) is 9.47 Å². The Balaban J connectivity index is 2.22. The van der Waals surface area contributed by atoms with E-state index in [1.165, 1.54) is 0 Å². The Morgan fingerprint density at radius 1 is 1.12 bits per heavy atom. The van der Waals surface area contributed by atoms with Crippen LogP contribution in [0.1, 0.15) is 48.1 Å². The van der Waals surface area contributed by atoms with E-state index in [1.54, 1.807) is 30.1 Å². The highest BCUT2D eigenvalue weighted by molar-refractivity contribution is 5.94. The fourth-order valence-electron chi connectivity index (χ4n) is 2.98. The molecule has 1 heterocycles. The van der Waals surface area contributed by atoms with Gasteiger partial charge in [0.05, 0.1) is 18.9 Å². The van der Waals surface area contributed by atoms with Crippen LogP contribution in [0.5, 0.6) is 11.5 Å². The molecule has 2 aromatic rings. The Hall–Kier alpha value is -2.50. The summed E-state index contributed by atoms with van der Waals surface area (Å²) in [5.74, 6) is 1.20. The van der Waals surface area contributed by atoms with Gasteiger partial charge in [-0.25, -0.2) is 0 Å². The van der Waals surface area contributed by atoms with Gasteiger partial charge >= 0.3 is 0 Å². The maximum Gasteiger partial charge on any atom is 0.254 e. The van der Waals surface area contributed by atoms with Crippen LogP contribution >= 0.6 is 0 Å². The van der Waals surface area contributed by atoms with Crippen LogP contribution in [0.2, 0.25) is 0 Å². The lowest BCUT2D eigenvalue weighted by atomic mass is 10.1. The molecule has 0 bridgehead atoms. The molecule has 6 nitrogen and oxygen atoms in total. The van der Waals surface area contributed by atoms with Gasteiger partial charge in [-0.1, -0.05) is 0 Å². The van der Waals surface area contributed by atoms with Crippen molar-refractivity contribution in [1.82, 2.24) is 14.7 Å². The summed E-state index contributed by atoms with van der Waals surface area (Å²) in [5, 5.41) is 4.53. The molecule has 26 heavy (non-hydrogen) atoms. The third kappa shape index (κ3) is 4.18. The lowest BCUT2D eigenvalue weighted by Gasteiger charge is -2.19. The average molecular weight is 359 g/mol. The van der Waals surface area contributed by atoms with Crippen molar-refractivity contribution in [1.29, 1.82) is 0 Å². The lowest BCUT2D eigenvalue weighted by molar-refractivity contribution is 0.0784. The van der Waals surface area contributed by atoms with Crippen molar-refractivity contribution in [2.75, 3.05) is 20.3 Å². The highest BCUT2D eigenvalue weighted by atomic mass is 16.5. The number of amides is 1. The van der Waals surface area contributed by atoms with Crippen LogP contribution in [0.3, 0.4) is 0 Å². The summed E-state index contributed by atoms with van der Waals surface area (Å²) in [6.07, 6.45) is 0. The second-order valence-corrected chi connectivity index (χ2v) is 6.15. The molecule has 0 fully saturated rings. The lowest BCUT2D eigenvalue weighted by Crippen LogP contribution is -2.26. The average Bonchev–Trinajstić information content (AvgIpc) is 2.90. The Bertz CT molecular complexity index is 768. The zero-order valence-corrected chi connectivity index (χ0v) is 16.6. The van der Waals surface area contributed by atoms with Crippen molar-refractivity contribution in [3.8, 4) is 11.5 Å². The van der Waals surface area contributed by atoms with Crippen LogP contribution in [0.4, 0.5) is 0 Å². The molecule has 1 aromatic carbocycles.